The van der Waals surface area contributed by atoms with Gasteiger partial charge in [-0.3, -0.25) is 0 Å². The summed E-state index contributed by atoms with van der Waals surface area (Å²) < 4.78 is 11.1. The van der Waals surface area contributed by atoms with Crippen LogP contribution in [0.15, 0.2) is 0 Å². The molecule has 0 unspecified atom stereocenters. The van der Waals surface area contributed by atoms with E-state index in [1.54, 1.807) is 14.2 Å². The number of hydrogen-bond donors (Lipinski definition) is 0. The molecule has 1 aliphatic carbocycles. The van der Waals surface area contributed by atoms with E-state index in [1.165, 1.54) is 44.6 Å². The van der Waals surface area contributed by atoms with Gasteiger partial charge < -0.3 is 8.85 Å². The fraction of sp³-hybridized carbons (Fsp3) is 1.00. The first-order chi connectivity index (χ1) is 6.70. The Bertz CT molecular complexity index is 149. The summed E-state index contributed by atoms with van der Waals surface area (Å²) in [5.41, 5.74) is 0. The lowest BCUT2D eigenvalue weighted by Crippen LogP contribution is -2.38. The monoisotopic (exact) mass is 216 g/mol. The van der Waals surface area contributed by atoms with Crippen molar-refractivity contribution >= 4 is 8.56 Å². The third-order valence-electron chi connectivity index (χ3n) is 3.50. The van der Waals surface area contributed by atoms with Crippen LogP contribution in [0.1, 0.15) is 38.5 Å². The van der Waals surface area contributed by atoms with E-state index in [0.717, 1.165) is 5.92 Å². The molecule has 1 aliphatic rings. The second-order valence-electron chi connectivity index (χ2n) is 4.60. The van der Waals surface area contributed by atoms with Crippen molar-refractivity contribution in [2.24, 2.45) is 5.92 Å². The largest absolute Gasteiger partial charge is 0.398 e. The Hall–Kier alpha value is 0.137. The lowest BCUT2D eigenvalue weighted by Gasteiger charge is -2.27. The molecule has 0 radical (unpaired) electrons. The van der Waals surface area contributed by atoms with E-state index in [0.29, 0.717) is 0 Å². The van der Waals surface area contributed by atoms with Crippen molar-refractivity contribution in [3.05, 3.63) is 0 Å². The molecule has 0 amide bonds. The van der Waals surface area contributed by atoms with Gasteiger partial charge >= 0.3 is 8.56 Å². The van der Waals surface area contributed by atoms with E-state index >= 15 is 0 Å². The molecule has 0 heterocycles. The molecule has 0 aromatic carbocycles. The maximum absolute atomic E-state index is 5.55. The van der Waals surface area contributed by atoms with E-state index in [1.807, 2.05) is 0 Å². The molecule has 2 nitrogen and oxygen atoms in total. The zero-order valence-corrected chi connectivity index (χ0v) is 10.8. The molecule has 0 atom stereocenters. The average molecular weight is 216 g/mol. The smallest absolute Gasteiger partial charge is 0.334 e. The van der Waals surface area contributed by atoms with Crippen LogP contribution in [0.4, 0.5) is 0 Å². The zero-order chi connectivity index (χ0) is 10.4. The molecule has 0 bridgehead atoms. The Morgan fingerprint density at radius 1 is 1.00 bits per heavy atom. The molecule has 0 aromatic heterocycles. The predicted octanol–water partition coefficient (Wildman–Crippen LogP) is 3.32. The maximum Gasteiger partial charge on any atom is 0.334 e. The molecular weight excluding hydrogens is 192 g/mol. The average Bonchev–Trinajstić information content (AvgIpc) is 2.46. The lowest BCUT2D eigenvalue weighted by atomic mass is 10.0. The first-order valence-corrected chi connectivity index (χ1v) is 8.33. The van der Waals surface area contributed by atoms with E-state index in [4.69, 9.17) is 8.85 Å². The molecule has 1 saturated carbocycles. The van der Waals surface area contributed by atoms with Gasteiger partial charge in [0.25, 0.3) is 0 Å². The van der Waals surface area contributed by atoms with Crippen molar-refractivity contribution in [3.8, 4) is 0 Å². The van der Waals surface area contributed by atoms with Gasteiger partial charge in [-0.25, -0.2) is 0 Å². The molecule has 14 heavy (non-hydrogen) atoms. The number of hydrogen-bond acceptors (Lipinski definition) is 2. The van der Waals surface area contributed by atoms with Crippen LogP contribution in [0, 0.1) is 5.92 Å². The summed E-state index contributed by atoms with van der Waals surface area (Å²) in [6, 6.07) is 1.18. The summed E-state index contributed by atoms with van der Waals surface area (Å²) in [7, 11) is 1.79. The molecule has 1 fully saturated rings. The van der Waals surface area contributed by atoms with Crippen molar-refractivity contribution in [2.75, 3.05) is 14.2 Å². The van der Waals surface area contributed by atoms with Crippen LogP contribution in [0.5, 0.6) is 0 Å². The minimum atomic E-state index is -1.81. The van der Waals surface area contributed by atoms with E-state index in [9.17, 15) is 0 Å². The molecular formula is C11H24O2Si. The van der Waals surface area contributed by atoms with Gasteiger partial charge in [-0.15, -0.1) is 0 Å². The van der Waals surface area contributed by atoms with Crippen molar-refractivity contribution < 1.29 is 8.85 Å². The fourth-order valence-electron chi connectivity index (χ4n) is 2.34. The fourth-order valence-corrected chi connectivity index (χ4v) is 4.30. The molecule has 0 aliphatic heterocycles. The topological polar surface area (TPSA) is 18.5 Å². The van der Waals surface area contributed by atoms with Crippen molar-refractivity contribution in [1.29, 1.82) is 0 Å². The minimum Gasteiger partial charge on any atom is -0.398 e. The van der Waals surface area contributed by atoms with Gasteiger partial charge in [0.2, 0.25) is 0 Å². The Balaban J connectivity index is 2.39. The van der Waals surface area contributed by atoms with Crippen LogP contribution in [0.2, 0.25) is 12.6 Å². The van der Waals surface area contributed by atoms with Crippen molar-refractivity contribution in [2.45, 2.75) is 51.1 Å². The second kappa shape index (κ2) is 5.88. The van der Waals surface area contributed by atoms with E-state index in [-0.39, 0.29) is 0 Å². The second-order valence-corrected chi connectivity index (χ2v) is 8.10. The highest BCUT2D eigenvalue weighted by molar-refractivity contribution is 6.66. The highest BCUT2D eigenvalue weighted by atomic mass is 28.4. The lowest BCUT2D eigenvalue weighted by molar-refractivity contribution is 0.239. The Kier molecular flexibility index (Phi) is 5.13. The summed E-state index contributed by atoms with van der Waals surface area (Å²) in [6.45, 7) is 2.18. The highest BCUT2D eigenvalue weighted by Crippen LogP contribution is 2.30. The van der Waals surface area contributed by atoms with Gasteiger partial charge in [-0.05, 0) is 18.5 Å². The SMILES string of the molecule is CO[Si](C)(CC1CCCCCC1)OC. The Morgan fingerprint density at radius 2 is 1.50 bits per heavy atom. The molecule has 0 saturated heterocycles. The van der Waals surface area contributed by atoms with Crippen LogP contribution in [-0.4, -0.2) is 22.8 Å². The zero-order valence-electron chi connectivity index (χ0n) is 9.84. The predicted molar refractivity (Wildman–Crippen MR) is 61.6 cm³/mol. The van der Waals surface area contributed by atoms with Crippen LogP contribution >= 0.6 is 0 Å². The van der Waals surface area contributed by atoms with Gasteiger partial charge in [0.15, 0.2) is 0 Å². The molecule has 3 heteroatoms. The molecule has 0 spiro atoms. The third kappa shape index (κ3) is 3.71. The van der Waals surface area contributed by atoms with Crippen molar-refractivity contribution in [1.82, 2.24) is 0 Å². The quantitative estimate of drug-likeness (QED) is 0.530. The molecule has 0 N–H and O–H groups in total. The van der Waals surface area contributed by atoms with Gasteiger partial charge in [0, 0.05) is 14.2 Å². The van der Waals surface area contributed by atoms with E-state index < -0.39 is 8.56 Å². The standard InChI is InChI=1S/C11H24O2Si/c1-12-14(3,13-2)10-11-8-6-4-5-7-9-11/h11H,4-10H2,1-3H3. The molecule has 1 rings (SSSR count). The third-order valence-corrected chi connectivity index (χ3v) is 6.54. The molecule has 84 valence electrons. The first kappa shape index (κ1) is 12.2. The highest BCUT2D eigenvalue weighted by Gasteiger charge is 2.32. The maximum atomic E-state index is 5.55. The summed E-state index contributed by atoms with van der Waals surface area (Å²) >= 11 is 0. The minimum absolute atomic E-state index is 0.856. The summed E-state index contributed by atoms with van der Waals surface area (Å²) in [5, 5.41) is 0. The molecule has 0 aromatic rings. The van der Waals surface area contributed by atoms with Gasteiger partial charge in [0.1, 0.15) is 0 Å². The van der Waals surface area contributed by atoms with Gasteiger partial charge in [0.05, 0.1) is 0 Å². The van der Waals surface area contributed by atoms with Crippen LogP contribution in [0.3, 0.4) is 0 Å². The van der Waals surface area contributed by atoms with Crippen molar-refractivity contribution in [3.63, 3.8) is 0 Å². The van der Waals surface area contributed by atoms with Crippen LogP contribution < -0.4 is 0 Å². The Labute approximate surface area is 89.2 Å². The van der Waals surface area contributed by atoms with E-state index in [2.05, 4.69) is 6.55 Å². The summed E-state index contributed by atoms with van der Waals surface area (Å²) in [5.74, 6) is 0.856. The first-order valence-electron chi connectivity index (χ1n) is 5.80. The van der Waals surface area contributed by atoms with Gasteiger partial charge in [-0.2, -0.15) is 0 Å². The Morgan fingerprint density at radius 3 is 1.93 bits per heavy atom. The number of rotatable bonds is 4. The summed E-state index contributed by atoms with van der Waals surface area (Å²) in [6.07, 6.45) is 8.43. The van der Waals surface area contributed by atoms with Crippen LogP contribution in [-0.2, 0) is 8.85 Å². The normalized spacial score (nSPS) is 20.8. The van der Waals surface area contributed by atoms with Crippen LogP contribution in [0.25, 0.3) is 0 Å². The summed E-state index contributed by atoms with van der Waals surface area (Å²) in [4.78, 5) is 0. The van der Waals surface area contributed by atoms with Gasteiger partial charge in [-0.1, -0.05) is 38.5 Å².